The van der Waals surface area contributed by atoms with Crippen molar-refractivity contribution in [3.63, 3.8) is 0 Å². The van der Waals surface area contributed by atoms with Crippen molar-refractivity contribution in [1.82, 2.24) is 15.1 Å². The van der Waals surface area contributed by atoms with Gasteiger partial charge in [-0.1, -0.05) is 18.2 Å². The van der Waals surface area contributed by atoms with Crippen LogP contribution in [0.15, 0.2) is 30.3 Å². The number of ether oxygens (including phenoxy) is 1. The van der Waals surface area contributed by atoms with Gasteiger partial charge in [-0.2, -0.15) is 0 Å². The van der Waals surface area contributed by atoms with Crippen LogP contribution in [0, 0.1) is 5.92 Å². The SMILES string of the molecule is CNC1CCN(C(=O)C2CCCN(C(=O)CCOc3ccccc3)C2)CC1. The molecule has 2 aliphatic heterocycles. The van der Waals surface area contributed by atoms with Crippen molar-refractivity contribution in [2.45, 2.75) is 38.1 Å². The molecule has 2 aliphatic rings. The highest BCUT2D eigenvalue weighted by atomic mass is 16.5. The standard InChI is InChI=1S/C21H31N3O3/c1-22-18-9-13-23(14-10-18)21(26)17-6-5-12-24(16-17)20(25)11-15-27-19-7-3-2-4-8-19/h2-4,7-8,17-18,22H,5-6,9-16H2,1H3. The van der Waals surface area contributed by atoms with E-state index < -0.39 is 0 Å². The maximum atomic E-state index is 12.9. The van der Waals surface area contributed by atoms with Crippen molar-refractivity contribution >= 4 is 11.8 Å². The first-order chi connectivity index (χ1) is 13.2. The maximum Gasteiger partial charge on any atom is 0.227 e. The number of hydrogen-bond donors (Lipinski definition) is 1. The van der Waals surface area contributed by atoms with Gasteiger partial charge in [0.2, 0.25) is 11.8 Å². The number of piperidine rings is 2. The van der Waals surface area contributed by atoms with Gasteiger partial charge in [0.15, 0.2) is 0 Å². The third kappa shape index (κ3) is 5.45. The zero-order valence-corrected chi connectivity index (χ0v) is 16.2. The molecule has 1 atom stereocenters. The highest BCUT2D eigenvalue weighted by molar-refractivity contribution is 5.81. The van der Waals surface area contributed by atoms with Crippen LogP contribution in [0.2, 0.25) is 0 Å². The van der Waals surface area contributed by atoms with Crippen molar-refractivity contribution in [3.05, 3.63) is 30.3 Å². The van der Waals surface area contributed by atoms with E-state index in [9.17, 15) is 9.59 Å². The van der Waals surface area contributed by atoms with Crippen molar-refractivity contribution < 1.29 is 14.3 Å². The molecule has 1 aromatic rings. The lowest BCUT2D eigenvalue weighted by molar-refractivity contribution is -0.141. The molecule has 0 bridgehead atoms. The smallest absolute Gasteiger partial charge is 0.227 e. The molecule has 27 heavy (non-hydrogen) atoms. The zero-order valence-electron chi connectivity index (χ0n) is 16.2. The Morgan fingerprint density at radius 3 is 2.52 bits per heavy atom. The van der Waals surface area contributed by atoms with Gasteiger partial charge in [-0.3, -0.25) is 9.59 Å². The molecule has 0 radical (unpaired) electrons. The molecular formula is C21H31N3O3. The summed E-state index contributed by atoms with van der Waals surface area (Å²) >= 11 is 0. The number of amides is 2. The number of nitrogens with zero attached hydrogens (tertiary/aromatic N) is 2. The van der Waals surface area contributed by atoms with Crippen LogP contribution >= 0.6 is 0 Å². The summed E-state index contributed by atoms with van der Waals surface area (Å²) in [5.41, 5.74) is 0. The Morgan fingerprint density at radius 2 is 1.81 bits per heavy atom. The number of hydrogen-bond acceptors (Lipinski definition) is 4. The molecule has 0 spiro atoms. The van der Waals surface area contributed by atoms with E-state index in [0.717, 1.165) is 51.1 Å². The van der Waals surface area contributed by atoms with Gasteiger partial charge < -0.3 is 19.9 Å². The summed E-state index contributed by atoms with van der Waals surface area (Å²) in [4.78, 5) is 29.2. The van der Waals surface area contributed by atoms with Crippen LogP contribution in [-0.2, 0) is 9.59 Å². The topological polar surface area (TPSA) is 61.9 Å². The van der Waals surface area contributed by atoms with Crippen LogP contribution in [0.1, 0.15) is 32.1 Å². The summed E-state index contributed by atoms with van der Waals surface area (Å²) in [6.45, 7) is 3.31. The molecule has 2 heterocycles. The number of rotatable bonds is 6. The number of nitrogens with one attached hydrogen (secondary N) is 1. The van der Waals surface area contributed by atoms with E-state index in [1.54, 1.807) is 0 Å². The minimum Gasteiger partial charge on any atom is -0.493 e. The van der Waals surface area contributed by atoms with Crippen molar-refractivity contribution in [2.75, 3.05) is 39.8 Å². The van der Waals surface area contributed by atoms with Gasteiger partial charge in [-0.25, -0.2) is 0 Å². The first kappa shape index (κ1) is 19.7. The van der Waals surface area contributed by atoms with Crippen molar-refractivity contribution in [3.8, 4) is 5.75 Å². The molecule has 148 valence electrons. The Morgan fingerprint density at radius 1 is 1.07 bits per heavy atom. The van der Waals surface area contributed by atoms with Crippen LogP contribution < -0.4 is 10.1 Å². The van der Waals surface area contributed by atoms with Crippen LogP contribution in [0.25, 0.3) is 0 Å². The summed E-state index contributed by atoms with van der Waals surface area (Å²) in [5, 5.41) is 3.29. The first-order valence-electron chi connectivity index (χ1n) is 10.1. The molecule has 2 saturated heterocycles. The number of carbonyl (C=O) groups excluding carboxylic acids is 2. The average molecular weight is 373 g/mol. The van der Waals surface area contributed by atoms with Crippen molar-refractivity contribution in [2.24, 2.45) is 5.92 Å². The Balaban J connectivity index is 1.44. The first-order valence-corrected chi connectivity index (χ1v) is 10.1. The van der Waals surface area contributed by atoms with Crippen LogP contribution in [0.3, 0.4) is 0 Å². The lowest BCUT2D eigenvalue weighted by Crippen LogP contribution is -2.50. The number of likely N-dealkylation sites (tertiary alicyclic amines) is 2. The summed E-state index contributed by atoms with van der Waals surface area (Å²) in [6, 6.07) is 10.1. The van der Waals surface area contributed by atoms with Gasteiger partial charge in [0.05, 0.1) is 18.9 Å². The summed E-state index contributed by atoms with van der Waals surface area (Å²) in [6.07, 6.45) is 4.15. The minimum absolute atomic E-state index is 0.0520. The van der Waals surface area contributed by atoms with Crippen LogP contribution in [-0.4, -0.2) is 67.5 Å². The number of benzene rings is 1. The monoisotopic (exact) mass is 373 g/mol. The van der Waals surface area contributed by atoms with Gasteiger partial charge in [0.25, 0.3) is 0 Å². The number of carbonyl (C=O) groups is 2. The van der Waals surface area contributed by atoms with Gasteiger partial charge in [-0.15, -0.1) is 0 Å². The van der Waals surface area contributed by atoms with Gasteiger partial charge in [0.1, 0.15) is 5.75 Å². The highest BCUT2D eigenvalue weighted by Gasteiger charge is 2.32. The van der Waals surface area contributed by atoms with E-state index in [4.69, 9.17) is 4.74 Å². The van der Waals surface area contributed by atoms with Crippen LogP contribution in [0.4, 0.5) is 0 Å². The van der Waals surface area contributed by atoms with E-state index in [2.05, 4.69) is 5.32 Å². The average Bonchev–Trinajstić information content (AvgIpc) is 2.74. The molecule has 0 saturated carbocycles. The Labute approximate surface area is 161 Å². The molecule has 6 nitrogen and oxygen atoms in total. The molecule has 1 unspecified atom stereocenters. The fourth-order valence-electron chi connectivity index (χ4n) is 3.98. The second-order valence-electron chi connectivity index (χ2n) is 7.48. The Kier molecular flexibility index (Phi) is 7.10. The molecule has 2 amide bonds. The molecule has 6 heteroatoms. The maximum absolute atomic E-state index is 12.9. The quantitative estimate of drug-likeness (QED) is 0.827. The van der Waals surface area contributed by atoms with Crippen molar-refractivity contribution in [1.29, 1.82) is 0 Å². The second-order valence-corrected chi connectivity index (χ2v) is 7.48. The predicted molar refractivity (Wildman–Crippen MR) is 105 cm³/mol. The highest BCUT2D eigenvalue weighted by Crippen LogP contribution is 2.22. The fraction of sp³-hybridized carbons (Fsp3) is 0.619. The Hall–Kier alpha value is -2.08. The molecule has 0 aliphatic carbocycles. The van der Waals surface area contributed by atoms with Crippen LogP contribution in [0.5, 0.6) is 5.75 Å². The van der Waals surface area contributed by atoms with Gasteiger partial charge in [0, 0.05) is 32.2 Å². The third-order valence-electron chi connectivity index (χ3n) is 5.67. The molecular weight excluding hydrogens is 342 g/mol. The van der Waals surface area contributed by atoms with E-state index in [0.29, 0.717) is 25.6 Å². The lowest BCUT2D eigenvalue weighted by Gasteiger charge is -2.37. The van der Waals surface area contributed by atoms with Gasteiger partial charge in [-0.05, 0) is 44.9 Å². The van der Waals surface area contributed by atoms with E-state index in [1.165, 1.54) is 0 Å². The number of para-hydroxylation sites is 1. The van der Waals surface area contributed by atoms with Gasteiger partial charge >= 0.3 is 0 Å². The summed E-state index contributed by atoms with van der Waals surface area (Å²) < 4.78 is 5.63. The predicted octanol–water partition coefficient (Wildman–Crippen LogP) is 1.90. The molecule has 1 aromatic carbocycles. The molecule has 3 rings (SSSR count). The summed E-state index contributed by atoms with van der Waals surface area (Å²) in [7, 11) is 1.98. The molecule has 0 aromatic heterocycles. The third-order valence-corrected chi connectivity index (χ3v) is 5.67. The Bertz CT molecular complexity index is 614. The summed E-state index contributed by atoms with van der Waals surface area (Å²) in [5.74, 6) is 1.03. The zero-order chi connectivity index (χ0) is 19.1. The molecule has 2 fully saturated rings. The lowest BCUT2D eigenvalue weighted by atomic mass is 9.94. The van der Waals surface area contributed by atoms with E-state index in [1.807, 2.05) is 47.2 Å². The minimum atomic E-state index is -0.0520. The molecule has 1 N–H and O–H groups in total. The second kappa shape index (κ2) is 9.74. The largest absolute Gasteiger partial charge is 0.493 e. The van der Waals surface area contributed by atoms with E-state index >= 15 is 0 Å². The normalized spacial score (nSPS) is 21.1. The fourth-order valence-corrected chi connectivity index (χ4v) is 3.98. The van der Waals surface area contributed by atoms with E-state index in [-0.39, 0.29) is 17.7 Å².